The van der Waals surface area contributed by atoms with E-state index in [1.165, 1.54) is 0 Å². The number of ether oxygens (including phenoxy) is 6. The molecule has 6 nitrogen and oxygen atoms in total. The predicted octanol–water partition coefficient (Wildman–Crippen LogP) is 7.89. The standard InChI is InChI=1S/C34H49ClO6/c1-5-8-16-37-23-27-22-30(38-17-9-6-2)34(39-18-10-7-3)33(41-27)29-21-25(31(35)32-28(29)15-19-40-32)20-24-11-13-26(36-4)14-12-24/h11-14,21,27,30,33-34H,5-10,15-20,22-23H2,1-4H3/t27-,30-,33?,34+/m0/s1. The van der Waals surface area contributed by atoms with Crippen LogP contribution in [0.15, 0.2) is 30.3 Å². The molecular weight excluding hydrogens is 540 g/mol. The van der Waals surface area contributed by atoms with Gasteiger partial charge in [0, 0.05) is 38.2 Å². The average Bonchev–Trinajstić information content (AvgIpc) is 3.49. The molecule has 0 aromatic heterocycles. The van der Waals surface area contributed by atoms with Gasteiger partial charge in [-0.25, -0.2) is 0 Å². The molecule has 2 aliphatic heterocycles. The maximum atomic E-state index is 6.99. The minimum atomic E-state index is -0.297. The van der Waals surface area contributed by atoms with Crippen LogP contribution in [0.4, 0.5) is 0 Å². The smallest absolute Gasteiger partial charge is 0.141 e. The van der Waals surface area contributed by atoms with Crippen LogP contribution < -0.4 is 9.47 Å². The van der Waals surface area contributed by atoms with E-state index < -0.39 is 0 Å². The van der Waals surface area contributed by atoms with Crippen molar-refractivity contribution in [2.75, 3.05) is 40.1 Å². The summed E-state index contributed by atoms with van der Waals surface area (Å²) in [6.07, 6.45) is 7.92. The summed E-state index contributed by atoms with van der Waals surface area (Å²) in [5, 5.41) is 0.687. The monoisotopic (exact) mass is 588 g/mol. The van der Waals surface area contributed by atoms with Crippen LogP contribution in [-0.2, 0) is 31.8 Å². The largest absolute Gasteiger partial charge is 0.497 e. The van der Waals surface area contributed by atoms with Crippen LogP contribution in [0.3, 0.4) is 0 Å². The normalized spacial score (nSPS) is 22.0. The summed E-state index contributed by atoms with van der Waals surface area (Å²) in [6, 6.07) is 10.4. The molecule has 2 aromatic carbocycles. The Hall–Kier alpha value is -1.83. The van der Waals surface area contributed by atoms with Crippen molar-refractivity contribution >= 4 is 11.6 Å². The lowest BCUT2D eigenvalue weighted by molar-refractivity contribution is -0.213. The van der Waals surface area contributed by atoms with Crippen molar-refractivity contribution < 1.29 is 28.4 Å². The highest BCUT2D eigenvalue weighted by Crippen LogP contribution is 2.45. The maximum Gasteiger partial charge on any atom is 0.141 e. The Bertz CT molecular complexity index is 1060. The Morgan fingerprint density at radius 1 is 0.927 bits per heavy atom. The van der Waals surface area contributed by atoms with Crippen molar-refractivity contribution in [2.24, 2.45) is 0 Å². The first kappa shape index (κ1) is 32.1. The van der Waals surface area contributed by atoms with Crippen molar-refractivity contribution in [3.05, 3.63) is 57.6 Å². The molecule has 2 heterocycles. The second-order valence-corrected chi connectivity index (χ2v) is 11.5. The summed E-state index contributed by atoms with van der Waals surface area (Å²) >= 11 is 6.99. The van der Waals surface area contributed by atoms with Crippen LogP contribution in [-0.4, -0.2) is 58.5 Å². The van der Waals surface area contributed by atoms with E-state index in [0.717, 1.165) is 98.3 Å². The van der Waals surface area contributed by atoms with E-state index in [-0.39, 0.29) is 24.4 Å². The molecule has 4 atom stereocenters. The summed E-state index contributed by atoms with van der Waals surface area (Å²) in [5.41, 5.74) is 4.41. The van der Waals surface area contributed by atoms with Gasteiger partial charge in [-0.15, -0.1) is 0 Å². The van der Waals surface area contributed by atoms with Gasteiger partial charge in [0.1, 0.15) is 23.7 Å². The van der Waals surface area contributed by atoms with E-state index in [1.807, 2.05) is 12.1 Å². The molecule has 1 unspecified atom stereocenters. The molecule has 0 N–H and O–H groups in total. The number of hydrogen-bond donors (Lipinski definition) is 0. The highest BCUT2D eigenvalue weighted by atomic mass is 35.5. The molecule has 0 saturated carbocycles. The molecular formula is C34H49ClO6. The number of halogens is 1. The van der Waals surface area contributed by atoms with E-state index in [4.69, 9.17) is 40.0 Å². The molecule has 228 valence electrons. The topological polar surface area (TPSA) is 55.4 Å². The quantitative estimate of drug-likeness (QED) is 0.175. The second kappa shape index (κ2) is 16.7. The van der Waals surface area contributed by atoms with Gasteiger partial charge in [-0.3, -0.25) is 0 Å². The lowest BCUT2D eigenvalue weighted by Gasteiger charge is -2.42. The molecule has 1 fully saturated rings. The summed E-state index contributed by atoms with van der Waals surface area (Å²) in [7, 11) is 1.68. The fourth-order valence-corrected chi connectivity index (χ4v) is 5.89. The Morgan fingerprint density at radius 2 is 1.63 bits per heavy atom. The number of methoxy groups -OCH3 is 1. The van der Waals surface area contributed by atoms with Crippen molar-refractivity contribution in [1.29, 1.82) is 0 Å². The number of fused-ring (bicyclic) bond motifs is 1. The third-order valence-electron chi connectivity index (χ3n) is 7.98. The molecule has 2 aliphatic rings. The van der Waals surface area contributed by atoms with Gasteiger partial charge in [0.05, 0.1) is 37.6 Å². The minimum absolute atomic E-state index is 0.0735. The van der Waals surface area contributed by atoms with Crippen LogP contribution in [0.1, 0.15) is 94.1 Å². The highest BCUT2D eigenvalue weighted by Gasteiger charge is 2.43. The maximum absolute atomic E-state index is 6.99. The first-order chi connectivity index (χ1) is 20.1. The third-order valence-corrected chi connectivity index (χ3v) is 8.39. The fourth-order valence-electron chi connectivity index (χ4n) is 5.60. The molecule has 0 spiro atoms. The Morgan fingerprint density at radius 3 is 2.34 bits per heavy atom. The van der Waals surface area contributed by atoms with Gasteiger partial charge in [0.15, 0.2) is 0 Å². The van der Waals surface area contributed by atoms with Crippen LogP contribution >= 0.6 is 11.6 Å². The number of unbranched alkanes of at least 4 members (excludes halogenated alkanes) is 3. The SMILES string of the molecule is CCCCOC[C@@H]1C[C@H](OCCCC)[C@@H](OCCCC)C(c2cc(Cc3ccc(OC)cc3)c(Cl)c3c2CCO3)O1. The van der Waals surface area contributed by atoms with Gasteiger partial charge in [0.25, 0.3) is 0 Å². The van der Waals surface area contributed by atoms with Crippen LogP contribution in [0.2, 0.25) is 5.02 Å². The van der Waals surface area contributed by atoms with E-state index in [0.29, 0.717) is 31.3 Å². The zero-order valence-electron chi connectivity index (χ0n) is 25.4. The second-order valence-electron chi connectivity index (χ2n) is 11.2. The van der Waals surface area contributed by atoms with Gasteiger partial charge in [-0.05, 0) is 54.5 Å². The molecule has 4 rings (SSSR count). The Labute approximate surface area is 251 Å². The molecule has 0 amide bonds. The lowest BCUT2D eigenvalue weighted by Crippen LogP contribution is -2.48. The van der Waals surface area contributed by atoms with Crippen molar-refractivity contribution in [3.8, 4) is 11.5 Å². The van der Waals surface area contributed by atoms with Crippen molar-refractivity contribution in [2.45, 2.75) is 103 Å². The average molecular weight is 589 g/mol. The van der Waals surface area contributed by atoms with Crippen LogP contribution in [0.25, 0.3) is 0 Å². The van der Waals surface area contributed by atoms with E-state index in [1.54, 1.807) is 7.11 Å². The molecule has 41 heavy (non-hydrogen) atoms. The van der Waals surface area contributed by atoms with Crippen LogP contribution in [0.5, 0.6) is 11.5 Å². The first-order valence-corrected chi connectivity index (χ1v) is 16.0. The van der Waals surface area contributed by atoms with Gasteiger partial charge >= 0.3 is 0 Å². The van der Waals surface area contributed by atoms with Crippen LogP contribution in [0, 0.1) is 0 Å². The Balaban J connectivity index is 1.69. The van der Waals surface area contributed by atoms with Gasteiger partial charge in [0.2, 0.25) is 0 Å². The molecule has 0 bridgehead atoms. The Kier molecular flexibility index (Phi) is 13.1. The highest BCUT2D eigenvalue weighted by molar-refractivity contribution is 6.33. The summed E-state index contributed by atoms with van der Waals surface area (Å²) in [5.74, 6) is 1.62. The molecule has 2 aromatic rings. The fraction of sp³-hybridized carbons (Fsp3) is 0.647. The van der Waals surface area contributed by atoms with Gasteiger partial charge in [-0.1, -0.05) is 69.8 Å². The minimum Gasteiger partial charge on any atom is -0.497 e. The number of hydrogen-bond acceptors (Lipinski definition) is 6. The molecule has 0 aliphatic carbocycles. The molecule has 7 heteroatoms. The van der Waals surface area contributed by atoms with E-state index >= 15 is 0 Å². The zero-order chi connectivity index (χ0) is 29.0. The summed E-state index contributed by atoms with van der Waals surface area (Å²) < 4.78 is 37.6. The van der Waals surface area contributed by atoms with Crippen molar-refractivity contribution in [1.82, 2.24) is 0 Å². The third kappa shape index (κ3) is 8.61. The summed E-state index contributed by atoms with van der Waals surface area (Å²) in [4.78, 5) is 0. The predicted molar refractivity (Wildman–Crippen MR) is 164 cm³/mol. The van der Waals surface area contributed by atoms with Crippen molar-refractivity contribution in [3.63, 3.8) is 0 Å². The summed E-state index contributed by atoms with van der Waals surface area (Å²) in [6.45, 7) is 9.86. The molecule has 1 saturated heterocycles. The van der Waals surface area contributed by atoms with Gasteiger partial charge in [-0.2, -0.15) is 0 Å². The van der Waals surface area contributed by atoms with Gasteiger partial charge < -0.3 is 28.4 Å². The number of rotatable bonds is 17. The van der Waals surface area contributed by atoms with E-state index in [9.17, 15) is 0 Å². The molecule has 0 radical (unpaired) electrons. The lowest BCUT2D eigenvalue weighted by atomic mass is 9.87. The van der Waals surface area contributed by atoms with E-state index in [2.05, 4.69) is 39.0 Å². The first-order valence-electron chi connectivity index (χ1n) is 15.7. The number of benzene rings is 2. The zero-order valence-corrected chi connectivity index (χ0v) is 26.2.